The second kappa shape index (κ2) is 6.60. The predicted octanol–water partition coefficient (Wildman–Crippen LogP) is 3.27. The van der Waals surface area contributed by atoms with Gasteiger partial charge in [0.1, 0.15) is 0 Å². The molecule has 6 heteroatoms. The lowest BCUT2D eigenvalue weighted by Crippen LogP contribution is -2.14. The van der Waals surface area contributed by atoms with Crippen molar-refractivity contribution in [3.05, 3.63) is 58.1 Å². The second-order valence-electron chi connectivity index (χ2n) is 4.60. The molecule has 2 aromatic rings. The van der Waals surface area contributed by atoms with Crippen LogP contribution in [0.15, 0.2) is 51.8 Å². The van der Waals surface area contributed by atoms with Crippen LogP contribution in [-0.4, -0.2) is 8.42 Å². The fourth-order valence-electron chi connectivity index (χ4n) is 2.04. The van der Waals surface area contributed by atoms with Crippen molar-refractivity contribution < 1.29 is 8.42 Å². The molecule has 0 spiro atoms. The molecule has 0 fully saturated rings. The van der Waals surface area contributed by atoms with Gasteiger partial charge < -0.3 is 5.73 Å². The zero-order chi connectivity index (χ0) is 15.5. The first kappa shape index (κ1) is 16.0. The number of nitrogens with two attached hydrogens (primary N) is 1. The molecule has 0 saturated carbocycles. The Bertz CT molecular complexity index is 728. The Morgan fingerprint density at radius 1 is 1.10 bits per heavy atom. The summed E-state index contributed by atoms with van der Waals surface area (Å²) >= 11 is 3.31. The van der Waals surface area contributed by atoms with Crippen LogP contribution >= 0.6 is 15.9 Å². The summed E-state index contributed by atoms with van der Waals surface area (Å²) in [6, 6.07) is 12.0. The molecule has 2 rings (SSSR count). The van der Waals surface area contributed by atoms with Crippen LogP contribution in [0.1, 0.15) is 18.1 Å². The molecule has 21 heavy (non-hydrogen) atoms. The van der Waals surface area contributed by atoms with Crippen LogP contribution in [0.4, 0.5) is 5.69 Å². The maximum Gasteiger partial charge on any atom is 0.261 e. The summed E-state index contributed by atoms with van der Waals surface area (Å²) < 4.78 is 28.2. The van der Waals surface area contributed by atoms with E-state index in [4.69, 9.17) is 5.73 Å². The first-order valence-electron chi connectivity index (χ1n) is 6.56. The summed E-state index contributed by atoms with van der Waals surface area (Å²) in [7, 11) is -3.60. The number of nitrogens with one attached hydrogen (secondary N) is 1. The van der Waals surface area contributed by atoms with E-state index in [0.717, 1.165) is 22.0 Å². The molecule has 0 saturated heterocycles. The summed E-state index contributed by atoms with van der Waals surface area (Å²) in [5.74, 6) is 0. The molecule has 0 aliphatic rings. The van der Waals surface area contributed by atoms with Gasteiger partial charge in [0.25, 0.3) is 10.0 Å². The minimum atomic E-state index is -3.60. The van der Waals surface area contributed by atoms with Gasteiger partial charge in [-0.05, 0) is 53.9 Å². The number of hydrogen-bond acceptors (Lipinski definition) is 3. The molecule has 0 aliphatic heterocycles. The molecule has 0 unspecified atom stereocenters. The summed E-state index contributed by atoms with van der Waals surface area (Å²) in [5.41, 5.74) is 8.13. The molecule has 0 aromatic heterocycles. The van der Waals surface area contributed by atoms with Crippen LogP contribution in [0.5, 0.6) is 0 Å². The minimum Gasteiger partial charge on any atom is -0.326 e. The topological polar surface area (TPSA) is 72.2 Å². The smallest absolute Gasteiger partial charge is 0.261 e. The number of rotatable bonds is 5. The van der Waals surface area contributed by atoms with Gasteiger partial charge in [-0.15, -0.1) is 0 Å². The lowest BCUT2D eigenvalue weighted by atomic mass is 10.1. The van der Waals surface area contributed by atoms with Crippen molar-refractivity contribution in [3.8, 4) is 0 Å². The second-order valence-corrected chi connectivity index (χ2v) is 7.20. The molecule has 0 aliphatic carbocycles. The maximum atomic E-state index is 12.4. The van der Waals surface area contributed by atoms with Crippen LogP contribution in [-0.2, 0) is 23.0 Å². The zero-order valence-corrected chi connectivity index (χ0v) is 14.0. The van der Waals surface area contributed by atoms with Gasteiger partial charge in [-0.2, -0.15) is 0 Å². The van der Waals surface area contributed by atoms with E-state index < -0.39 is 10.0 Å². The first-order chi connectivity index (χ1) is 9.96. The van der Waals surface area contributed by atoms with Gasteiger partial charge in [0, 0.05) is 16.7 Å². The number of halogens is 1. The monoisotopic (exact) mass is 368 g/mol. The Kier molecular flexibility index (Phi) is 5.03. The fourth-order valence-corrected chi connectivity index (χ4v) is 3.41. The van der Waals surface area contributed by atoms with Gasteiger partial charge in [0.15, 0.2) is 0 Å². The Hall–Kier alpha value is -1.37. The van der Waals surface area contributed by atoms with Crippen molar-refractivity contribution in [2.45, 2.75) is 24.8 Å². The Labute approximate surface area is 133 Å². The highest BCUT2D eigenvalue weighted by Gasteiger charge is 2.15. The SMILES string of the molecule is CCc1ccc(S(=O)(=O)Nc2ccc(Br)cc2)cc1CN. The van der Waals surface area contributed by atoms with E-state index in [1.165, 1.54) is 0 Å². The van der Waals surface area contributed by atoms with Crippen molar-refractivity contribution in [2.75, 3.05) is 4.72 Å². The average molecular weight is 369 g/mol. The molecule has 3 N–H and O–H groups in total. The molecule has 0 amide bonds. The minimum absolute atomic E-state index is 0.225. The fraction of sp³-hybridized carbons (Fsp3) is 0.200. The summed E-state index contributed by atoms with van der Waals surface area (Å²) in [4.78, 5) is 0.225. The molecule has 0 radical (unpaired) electrons. The lowest BCUT2D eigenvalue weighted by Gasteiger charge is -2.11. The molecule has 0 bridgehead atoms. The third-order valence-corrected chi connectivity index (χ3v) is 5.09. The van der Waals surface area contributed by atoms with Crippen molar-refractivity contribution >= 4 is 31.6 Å². The van der Waals surface area contributed by atoms with Crippen molar-refractivity contribution in [1.29, 1.82) is 0 Å². The van der Waals surface area contributed by atoms with E-state index in [2.05, 4.69) is 20.7 Å². The van der Waals surface area contributed by atoms with E-state index in [1.807, 2.05) is 13.0 Å². The number of anilines is 1. The van der Waals surface area contributed by atoms with Crippen LogP contribution in [0.2, 0.25) is 0 Å². The molecule has 0 heterocycles. The third kappa shape index (κ3) is 3.84. The quantitative estimate of drug-likeness (QED) is 0.850. The van der Waals surface area contributed by atoms with Gasteiger partial charge in [-0.3, -0.25) is 4.72 Å². The molecule has 112 valence electrons. The summed E-state index contributed by atoms with van der Waals surface area (Å²) in [6.07, 6.45) is 0.826. The number of aryl methyl sites for hydroxylation is 1. The van der Waals surface area contributed by atoms with Crippen molar-refractivity contribution in [2.24, 2.45) is 5.73 Å². The van der Waals surface area contributed by atoms with Gasteiger partial charge in [0.2, 0.25) is 0 Å². The van der Waals surface area contributed by atoms with Crippen LogP contribution in [0.3, 0.4) is 0 Å². The average Bonchev–Trinajstić information content (AvgIpc) is 2.48. The molecular formula is C15H17BrN2O2S. The largest absolute Gasteiger partial charge is 0.326 e. The van der Waals surface area contributed by atoms with E-state index >= 15 is 0 Å². The van der Waals surface area contributed by atoms with Gasteiger partial charge >= 0.3 is 0 Å². The van der Waals surface area contributed by atoms with Crippen LogP contribution in [0, 0.1) is 0 Å². The Balaban J connectivity index is 2.33. The maximum absolute atomic E-state index is 12.4. The van der Waals surface area contributed by atoms with Crippen molar-refractivity contribution in [3.63, 3.8) is 0 Å². The summed E-state index contributed by atoms with van der Waals surface area (Å²) in [6.45, 7) is 2.34. The molecule has 4 nitrogen and oxygen atoms in total. The van der Waals surface area contributed by atoms with E-state index in [1.54, 1.807) is 36.4 Å². The van der Waals surface area contributed by atoms with Gasteiger partial charge in [-0.1, -0.05) is 28.9 Å². The number of sulfonamides is 1. The molecule has 2 aromatic carbocycles. The Morgan fingerprint density at radius 2 is 1.76 bits per heavy atom. The van der Waals surface area contributed by atoms with Crippen LogP contribution < -0.4 is 10.5 Å². The Morgan fingerprint density at radius 3 is 2.33 bits per heavy atom. The first-order valence-corrected chi connectivity index (χ1v) is 8.84. The molecule has 0 atom stereocenters. The standard InChI is InChI=1S/C15H17BrN2O2S/c1-2-11-3-8-15(9-12(11)10-17)21(19,20)18-14-6-4-13(16)5-7-14/h3-9,18H,2,10,17H2,1H3. The number of benzene rings is 2. The summed E-state index contributed by atoms with van der Waals surface area (Å²) in [5, 5.41) is 0. The molecular weight excluding hydrogens is 352 g/mol. The highest BCUT2D eigenvalue weighted by Crippen LogP contribution is 2.21. The third-order valence-electron chi connectivity index (χ3n) is 3.19. The van der Waals surface area contributed by atoms with E-state index in [9.17, 15) is 8.42 Å². The van der Waals surface area contributed by atoms with E-state index in [0.29, 0.717) is 12.2 Å². The zero-order valence-electron chi connectivity index (χ0n) is 11.6. The van der Waals surface area contributed by atoms with Gasteiger partial charge in [0.05, 0.1) is 4.90 Å². The van der Waals surface area contributed by atoms with E-state index in [-0.39, 0.29) is 4.90 Å². The highest BCUT2D eigenvalue weighted by atomic mass is 79.9. The van der Waals surface area contributed by atoms with Crippen LogP contribution in [0.25, 0.3) is 0 Å². The lowest BCUT2D eigenvalue weighted by molar-refractivity contribution is 0.601. The highest BCUT2D eigenvalue weighted by molar-refractivity contribution is 9.10. The van der Waals surface area contributed by atoms with Gasteiger partial charge in [-0.25, -0.2) is 8.42 Å². The predicted molar refractivity (Wildman–Crippen MR) is 88.7 cm³/mol. The normalized spacial score (nSPS) is 11.4. The van der Waals surface area contributed by atoms with Crippen molar-refractivity contribution in [1.82, 2.24) is 0 Å². The number of hydrogen-bond donors (Lipinski definition) is 2.